The van der Waals surface area contributed by atoms with Crippen LogP contribution in [0, 0.1) is 0 Å². The van der Waals surface area contributed by atoms with E-state index in [0.717, 1.165) is 10.8 Å². The van der Waals surface area contributed by atoms with Gasteiger partial charge in [0, 0.05) is 0 Å². The Morgan fingerprint density at radius 1 is 1.42 bits per heavy atom. The van der Waals surface area contributed by atoms with Crippen molar-refractivity contribution in [2.24, 2.45) is 0 Å². The van der Waals surface area contributed by atoms with Crippen molar-refractivity contribution in [2.45, 2.75) is 0 Å². The third-order valence-corrected chi connectivity index (χ3v) is 2.81. The van der Waals surface area contributed by atoms with E-state index in [4.69, 9.17) is 0 Å². The molecular weight excluding hydrogens is 170 g/mol. The Hall–Kier alpha value is -1.42. The lowest BCUT2D eigenvalue weighted by atomic mass is 10.5. The SMILES string of the molecule is C1=C[n+]2c(sc3cccnc32)[N]1. The standard InChI is InChI=1S/C8H5N3S/c1-2-6-7(9-3-1)11-5-4-10-8(11)12-6/h1-5H/q+1. The molecule has 4 heteroatoms. The largest absolute Gasteiger partial charge is 0.326 e. The molecule has 3 heterocycles. The molecule has 2 aromatic heterocycles. The average molecular weight is 175 g/mol. The van der Waals surface area contributed by atoms with E-state index in [1.54, 1.807) is 23.7 Å². The van der Waals surface area contributed by atoms with E-state index in [9.17, 15) is 0 Å². The van der Waals surface area contributed by atoms with Crippen LogP contribution >= 0.6 is 11.3 Å². The molecule has 0 spiro atoms. The molecule has 0 amide bonds. The highest BCUT2D eigenvalue weighted by atomic mass is 32.1. The highest BCUT2D eigenvalue weighted by molar-refractivity contribution is 7.21. The lowest BCUT2D eigenvalue weighted by Crippen LogP contribution is -2.22. The molecule has 3 rings (SSSR count). The fourth-order valence-corrected chi connectivity index (χ4v) is 2.21. The normalized spacial score (nSPS) is 13.3. The Kier molecular flexibility index (Phi) is 1.04. The van der Waals surface area contributed by atoms with Crippen molar-refractivity contribution in [2.75, 3.05) is 0 Å². The lowest BCUT2D eigenvalue weighted by molar-refractivity contribution is -0.519. The van der Waals surface area contributed by atoms with Crippen LogP contribution in [0.5, 0.6) is 0 Å². The first-order valence-corrected chi connectivity index (χ1v) is 4.43. The number of nitrogens with zero attached hydrogens (tertiary/aromatic N) is 3. The summed E-state index contributed by atoms with van der Waals surface area (Å²) in [6, 6.07) is 4.00. The maximum atomic E-state index is 4.27. The predicted molar refractivity (Wildman–Crippen MR) is 46.9 cm³/mol. The van der Waals surface area contributed by atoms with Crippen molar-refractivity contribution in [1.29, 1.82) is 0 Å². The topological polar surface area (TPSA) is 30.9 Å². The van der Waals surface area contributed by atoms with Gasteiger partial charge >= 0.3 is 5.13 Å². The second-order valence-electron chi connectivity index (χ2n) is 2.51. The van der Waals surface area contributed by atoms with E-state index in [1.807, 2.05) is 16.8 Å². The molecule has 1 aliphatic heterocycles. The summed E-state index contributed by atoms with van der Waals surface area (Å²) in [6.45, 7) is 0. The second-order valence-corrected chi connectivity index (χ2v) is 3.52. The summed E-state index contributed by atoms with van der Waals surface area (Å²) in [5, 5.41) is 5.20. The number of fused-ring (bicyclic) bond motifs is 3. The van der Waals surface area contributed by atoms with Crippen LogP contribution in [-0.2, 0) is 0 Å². The highest BCUT2D eigenvalue weighted by Gasteiger charge is 2.21. The van der Waals surface area contributed by atoms with E-state index in [2.05, 4.69) is 16.4 Å². The van der Waals surface area contributed by atoms with Crippen LogP contribution in [0.4, 0.5) is 5.13 Å². The number of rotatable bonds is 0. The fraction of sp³-hybridized carbons (Fsp3) is 0. The molecule has 0 aliphatic carbocycles. The number of thiazole rings is 1. The molecule has 3 nitrogen and oxygen atoms in total. The van der Waals surface area contributed by atoms with E-state index < -0.39 is 0 Å². The van der Waals surface area contributed by atoms with Crippen LogP contribution in [0.15, 0.2) is 24.5 Å². The zero-order valence-electron chi connectivity index (χ0n) is 6.14. The molecular formula is C8H5N3S+. The Morgan fingerprint density at radius 3 is 3.42 bits per heavy atom. The highest BCUT2D eigenvalue weighted by Crippen LogP contribution is 2.24. The summed E-state index contributed by atoms with van der Waals surface area (Å²) < 4.78 is 3.18. The summed E-state index contributed by atoms with van der Waals surface area (Å²) in [6.07, 6.45) is 5.52. The third-order valence-electron chi connectivity index (χ3n) is 1.79. The zero-order valence-corrected chi connectivity index (χ0v) is 6.95. The van der Waals surface area contributed by atoms with Gasteiger partial charge in [-0.1, -0.05) is 16.7 Å². The molecule has 1 radical (unpaired) electrons. The van der Waals surface area contributed by atoms with E-state index in [1.165, 1.54) is 4.70 Å². The van der Waals surface area contributed by atoms with Crippen LogP contribution < -0.4 is 9.88 Å². The average Bonchev–Trinajstić information content (AvgIpc) is 2.62. The van der Waals surface area contributed by atoms with Crippen molar-refractivity contribution in [1.82, 2.24) is 10.3 Å². The summed E-state index contributed by atoms with van der Waals surface area (Å²) in [5.41, 5.74) is 0.995. The van der Waals surface area contributed by atoms with Crippen LogP contribution in [0.3, 0.4) is 0 Å². The molecule has 1 aliphatic rings. The maximum absolute atomic E-state index is 4.27. The summed E-state index contributed by atoms with van der Waals surface area (Å²) >= 11 is 1.66. The van der Waals surface area contributed by atoms with E-state index in [0.29, 0.717) is 0 Å². The van der Waals surface area contributed by atoms with Gasteiger partial charge < -0.3 is 0 Å². The summed E-state index contributed by atoms with van der Waals surface area (Å²) in [5.74, 6) is 0. The first-order valence-electron chi connectivity index (χ1n) is 3.62. The van der Waals surface area contributed by atoms with Gasteiger partial charge in [0.15, 0.2) is 0 Å². The Bertz CT molecular complexity index is 472. The minimum Gasteiger partial charge on any atom is -0.187 e. The molecule has 0 fully saturated rings. The number of pyridine rings is 1. The molecule has 57 valence electrons. The molecule has 0 bridgehead atoms. The van der Waals surface area contributed by atoms with Gasteiger partial charge in [-0.15, -0.1) is 4.98 Å². The monoisotopic (exact) mass is 175 g/mol. The molecule has 0 aromatic carbocycles. The molecule has 0 saturated heterocycles. The van der Waals surface area contributed by atoms with Gasteiger partial charge in [0.1, 0.15) is 23.3 Å². The number of hydrogen-bond acceptors (Lipinski definition) is 2. The van der Waals surface area contributed by atoms with Gasteiger partial charge in [-0.25, -0.2) is 0 Å². The van der Waals surface area contributed by atoms with Crippen molar-refractivity contribution in [3.05, 3.63) is 24.5 Å². The van der Waals surface area contributed by atoms with Gasteiger partial charge in [-0.2, -0.15) is 4.57 Å². The molecule has 0 unspecified atom stereocenters. The fourth-order valence-electron chi connectivity index (χ4n) is 1.27. The van der Waals surface area contributed by atoms with Gasteiger partial charge in [-0.05, 0) is 12.1 Å². The molecule has 0 saturated carbocycles. The second kappa shape index (κ2) is 2.04. The number of hydrogen-bond donors (Lipinski definition) is 0. The van der Waals surface area contributed by atoms with Crippen LogP contribution in [0.2, 0.25) is 0 Å². The maximum Gasteiger partial charge on any atom is 0.326 e. The summed E-state index contributed by atoms with van der Waals surface area (Å²) in [4.78, 5) is 4.27. The van der Waals surface area contributed by atoms with Crippen molar-refractivity contribution < 1.29 is 4.57 Å². The van der Waals surface area contributed by atoms with Crippen molar-refractivity contribution >= 4 is 33.0 Å². The van der Waals surface area contributed by atoms with Gasteiger partial charge in [0.05, 0.1) is 0 Å². The van der Waals surface area contributed by atoms with Crippen molar-refractivity contribution in [3.8, 4) is 0 Å². The Balaban J connectivity index is 2.51. The Morgan fingerprint density at radius 2 is 2.42 bits per heavy atom. The molecule has 12 heavy (non-hydrogen) atoms. The van der Waals surface area contributed by atoms with Gasteiger partial charge in [0.25, 0.3) is 5.65 Å². The first kappa shape index (κ1) is 6.14. The lowest BCUT2D eigenvalue weighted by Gasteiger charge is -1.81. The van der Waals surface area contributed by atoms with Gasteiger partial charge in [-0.3, -0.25) is 0 Å². The van der Waals surface area contributed by atoms with Crippen molar-refractivity contribution in [3.63, 3.8) is 0 Å². The van der Waals surface area contributed by atoms with E-state index >= 15 is 0 Å². The molecule has 0 atom stereocenters. The van der Waals surface area contributed by atoms with Crippen LogP contribution in [-0.4, -0.2) is 4.98 Å². The summed E-state index contributed by atoms with van der Waals surface area (Å²) in [7, 11) is 0. The minimum atomic E-state index is 0.995. The van der Waals surface area contributed by atoms with Gasteiger partial charge in [0.2, 0.25) is 0 Å². The number of aromatic nitrogens is 2. The molecule has 0 N–H and O–H groups in total. The first-order chi connectivity index (χ1) is 5.95. The minimum absolute atomic E-state index is 0.995. The predicted octanol–water partition coefficient (Wildman–Crippen LogP) is 1.26. The van der Waals surface area contributed by atoms with E-state index in [-0.39, 0.29) is 0 Å². The van der Waals surface area contributed by atoms with Crippen LogP contribution in [0.1, 0.15) is 0 Å². The third kappa shape index (κ3) is 0.648. The van der Waals surface area contributed by atoms with Crippen LogP contribution in [0.25, 0.3) is 16.5 Å². The quantitative estimate of drug-likeness (QED) is 0.554. The Labute approximate surface area is 73.0 Å². The molecule has 2 aromatic rings. The smallest absolute Gasteiger partial charge is 0.187 e. The zero-order chi connectivity index (χ0) is 7.97.